The number of fused-ring (bicyclic) bond motifs is 1. The number of nitrogens with zero attached hydrogens (tertiary/aromatic N) is 2. The standard InChI is InChI=1S/C35H28N2/c1-24-21-34-35(22-25(24)2)37-33(31-19-15-29(16-20-31)27-11-7-4-8-12-27)23-32(36-34)30-17-13-28(14-18-30)26-9-5-3-6-10-26/h3-22H,23H2,1-2H3. The molecule has 2 heteroatoms. The molecule has 5 aromatic rings. The van der Waals surface area contributed by atoms with Crippen molar-refractivity contribution in [2.45, 2.75) is 20.3 Å². The summed E-state index contributed by atoms with van der Waals surface area (Å²) in [7, 11) is 0. The molecule has 1 heterocycles. The highest BCUT2D eigenvalue weighted by Gasteiger charge is 2.18. The van der Waals surface area contributed by atoms with E-state index in [4.69, 9.17) is 9.98 Å². The zero-order valence-electron chi connectivity index (χ0n) is 21.1. The Labute approximate surface area is 218 Å². The molecule has 178 valence electrons. The molecule has 0 aromatic heterocycles. The summed E-state index contributed by atoms with van der Waals surface area (Å²) in [6.45, 7) is 4.27. The van der Waals surface area contributed by atoms with Crippen molar-refractivity contribution < 1.29 is 0 Å². The molecule has 0 bridgehead atoms. The lowest BCUT2D eigenvalue weighted by atomic mass is 9.96. The number of aryl methyl sites for hydroxylation is 2. The third-order valence-corrected chi connectivity index (χ3v) is 7.09. The van der Waals surface area contributed by atoms with Crippen molar-refractivity contribution in [2.24, 2.45) is 9.98 Å². The van der Waals surface area contributed by atoms with Crippen LogP contribution in [0, 0.1) is 13.8 Å². The Balaban J connectivity index is 1.40. The van der Waals surface area contributed by atoms with Crippen LogP contribution in [0.3, 0.4) is 0 Å². The molecule has 0 radical (unpaired) electrons. The molecule has 0 aliphatic carbocycles. The van der Waals surface area contributed by atoms with Crippen LogP contribution in [0.15, 0.2) is 131 Å². The fourth-order valence-corrected chi connectivity index (χ4v) is 4.80. The van der Waals surface area contributed by atoms with Gasteiger partial charge in [-0.3, -0.25) is 9.98 Å². The number of benzene rings is 5. The van der Waals surface area contributed by atoms with Crippen molar-refractivity contribution in [3.8, 4) is 22.3 Å². The molecule has 1 aliphatic heterocycles. The van der Waals surface area contributed by atoms with Crippen molar-refractivity contribution >= 4 is 22.8 Å². The average molecular weight is 477 g/mol. The highest BCUT2D eigenvalue weighted by atomic mass is 14.9. The Morgan fingerprint density at radius 2 is 0.730 bits per heavy atom. The van der Waals surface area contributed by atoms with E-state index in [0.717, 1.165) is 33.9 Å². The summed E-state index contributed by atoms with van der Waals surface area (Å²) in [6, 6.07) is 42.8. The zero-order valence-corrected chi connectivity index (χ0v) is 21.1. The Bertz CT molecular complexity index is 1490. The van der Waals surface area contributed by atoms with Gasteiger partial charge in [-0.25, -0.2) is 0 Å². The van der Waals surface area contributed by atoms with Gasteiger partial charge in [-0.15, -0.1) is 0 Å². The van der Waals surface area contributed by atoms with Gasteiger partial charge in [-0.1, -0.05) is 109 Å². The van der Waals surface area contributed by atoms with Gasteiger partial charge in [0.15, 0.2) is 0 Å². The van der Waals surface area contributed by atoms with Crippen LogP contribution in [0.1, 0.15) is 28.7 Å². The number of rotatable bonds is 4. The smallest absolute Gasteiger partial charge is 0.0892 e. The van der Waals surface area contributed by atoms with Crippen molar-refractivity contribution in [1.29, 1.82) is 0 Å². The molecule has 5 aromatic carbocycles. The molecular formula is C35H28N2. The largest absolute Gasteiger partial charge is 0.250 e. The molecule has 0 atom stereocenters. The zero-order chi connectivity index (χ0) is 25.2. The van der Waals surface area contributed by atoms with Crippen LogP contribution < -0.4 is 0 Å². The van der Waals surface area contributed by atoms with Gasteiger partial charge in [0.05, 0.1) is 22.8 Å². The van der Waals surface area contributed by atoms with Gasteiger partial charge in [-0.05, 0) is 70.5 Å². The highest BCUT2D eigenvalue weighted by Crippen LogP contribution is 2.36. The molecule has 0 unspecified atom stereocenters. The molecule has 0 saturated heterocycles. The second kappa shape index (κ2) is 9.83. The van der Waals surface area contributed by atoms with Gasteiger partial charge >= 0.3 is 0 Å². The van der Waals surface area contributed by atoms with E-state index in [2.05, 4.69) is 123 Å². The predicted octanol–water partition coefficient (Wildman–Crippen LogP) is 9.28. The van der Waals surface area contributed by atoms with E-state index in [-0.39, 0.29) is 0 Å². The van der Waals surface area contributed by atoms with Gasteiger partial charge in [0.1, 0.15) is 0 Å². The first kappa shape index (κ1) is 22.9. The van der Waals surface area contributed by atoms with Crippen LogP contribution in [0.2, 0.25) is 0 Å². The summed E-state index contributed by atoms with van der Waals surface area (Å²) in [5.74, 6) is 0. The van der Waals surface area contributed by atoms with Crippen LogP contribution in [0.5, 0.6) is 0 Å². The van der Waals surface area contributed by atoms with E-state index < -0.39 is 0 Å². The summed E-state index contributed by atoms with van der Waals surface area (Å²) in [5.41, 5.74) is 13.5. The Morgan fingerprint density at radius 1 is 0.405 bits per heavy atom. The molecule has 0 saturated carbocycles. The molecule has 6 rings (SSSR count). The second-order valence-electron chi connectivity index (χ2n) is 9.61. The number of hydrogen-bond acceptors (Lipinski definition) is 2. The van der Waals surface area contributed by atoms with Crippen LogP contribution in [-0.4, -0.2) is 11.4 Å². The molecule has 2 nitrogen and oxygen atoms in total. The van der Waals surface area contributed by atoms with Gasteiger partial charge in [0, 0.05) is 6.42 Å². The topological polar surface area (TPSA) is 24.7 Å². The summed E-state index contributed by atoms with van der Waals surface area (Å²) in [4.78, 5) is 10.3. The highest BCUT2D eigenvalue weighted by molar-refractivity contribution is 6.20. The lowest BCUT2D eigenvalue weighted by Gasteiger charge is -2.10. The SMILES string of the molecule is Cc1cc2c(cc1C)N=C(c1ccc(-c3ccccc3)cc1)CC(c1ccc(-c3ccccc3)cc1)=N2. The lowest BCUT2D eigenvalue weighted by molar-refractivity contribution is 1.31. The molecule has 37 heavy (non-hydrogen) atoms. The Morgan fingerprint density at radius 3 is 1.11 bits per heavy atom. The first-order chi connectivity index (χ1) is 18.1. The third kappa shape index (κ3) is 4.79. The second-order valence-corrected chi connectivity index (χ2v) is 9.61. The lowest BCUT2D eigenvalue weighted by Crippen LogP contribution is -2.09. The summed E-state index contributed by atoms with van der Waals surface area (Å²) in [5, 5.41) is 0. The van der Waals surface area contributed by atoms with Crippen LogP contribution >= 0.6 is 0 Å². The summed E-state index contributed by atoms with van der Waals surface area (Å²) in [6.07, 6.45) is 0.669. The maximum Gasteiger partial charge on any atom is 0.0892 e. The monoisotopic (exact) mass is 476 g/mol. The molecule has 0 spiro atoms. The van der Waals surface area contributed by atoms with E-state index >= 15 is 0 Å². The quantitative estimate of drug-likeness (QED) is 0.247. The Kier molecular flexibility index (Phi) is 6.08. The minimum Gasteiger partial charge on any atom is -0.250 e. The van der Waals surface area contributed by atoms with Gasteiger partial charge < -0.3 is 0 Å². The van der Waals surface area contributed by atoms with E-state index in [1.165, 1.54) is 33.4 Å². The van der Waals surface area contributed by atoms with Crippen molar-refractivity contribution in [1.82, 2.24) is 0 Å². The molecule has 0 amide bonds. The van der Waals surface area contributed by atoms with E-state index in [1.54, 1.807) is 0 Å². The molecule has 0 N–H and O–H groups in total. The minimum atomic E-state index is 0.669. The van der Waals surface area contributed by atoms with Gasteiger partial charge in [0.2, 0.25) is 0 Å². The summed E-state index contributed by atoms with van der Waals surface area (Å²) >= 11 is 0. The minimum absolute atomic E-state index is 0.669. The number of aliphatic imine (C=N–C) groups is 2. The maximum absolute atomic E-state index is 5.16. The molecule has 1 aliphatic rings. The average Bonchev–Trinajstić information content (AvgIpc) is 3.14. The maximum atomic E-state index is 5.16. The van der Waals surface area contributed by atoms with Gasteiger partial charge in [0.25, 0.3) is 0 Å². The Hall–Kier alpha value is -4.56. The van der Waals surface area contributed by atoms with E-state index in [9.17, 15) is 0 Å². The molecular weight excluding hydrogens is 448 g/mol. The fourth-order valence-electron chi connectivity index (χ4n) is 4.80. The van der Waals surface area contributed by atoms with Crippen LogP contribution in [-0.2, 0) is 0 Å². The third-order valence-electron chi connectivity index (χ3n) is 7.09. The van der Waals surface area contributed by atoms with E-state index in [0.29, 0.717) is 6.42 Å². The fraction of sp³-hybridized carbons (Fsp3) is 0.0857. The predicted molar refractivity (Wildman–Crippen MR) is 157 cm³/mol. The van der Waals surface area contributed by atoms with Crippen molar-refractivity contribution in [2.75, 3.05) is 0 Å². The first-order valence-electron chi connectivity index (χ1n) is 12.7. The normalized spacial score (nSPS) is 12.8. The summed E-state index contributed by atoms with van der Waals surface area (Å²) < 4.78 is 0. The van der Waals surface area contributed by atoms with E-state index in [1.807, 2.05) is 12.1 Å². The number of hydrogen-bond donors (Lipinski definition) is 0. The molecule has 0 fully saturated rings. The first-order valence-corrected chi connectivity index (χ1v) is 12.7. The van der Waals surface area contributed by atoms with Crippen LogP contribution in [0.25, 0.3) is 22.3 Å². The van der Waals surface area contributed by atoms with Crippen molar-refractivity contribution in [3.63, 3.8) is 0 Å². The van der Waals surface area contributed by atoms with Crippen LogP contribution in [0.4, 0.5) is 11.4 Å². The van der Waals surface area contributed by atoms with Crippen molar-refractivity contribution in [3.05, 3.63) is 144 Å². The van der Waals surface area contributed by atoms with Gasteiger partial charge in [-0.2, -0.15) is 0 Å².